The summed E-state index contributed by atoms with van der Waals surface area (Å²) in [5.41, 5.74) is 0.358. The molecule has 0 aliphatic carbocycles. The van der Waals surface area contributed by atoms with Gasteiger partial charge in [-0.1, -0.05) is 0 Å². The Bertz CT molecular complexity index is 193. The van der Waals surface area contributed by atoms with Gasteiger partial charge in [0, 0.05) is 0 Å². The second kappa shape index (κ2) is 4.23. The first kappa shape index (κ1) is 11.9. The van der Waals surface area contributed by atoms with Crippen molar-refractivity contribution in [1.82, 2.24) is 0 Å². The fourth-order valence-electron chi connectivity index (χ4n) is 0.298. The summed E-state index contributed by atoms with van der Waals surface area (Å²) in [6.45, 7) is 6.64. The zero-order chi connectivity index (χ0) is 8.41. The van der Waals surface area contributed by atoms with Gasteiger partial charge in [0.2, 0.25) is 0 Å². The van der Waals surface area contributed by atoms with Gasteiger partial charge in [0.05, 0.1) is 0 Å². The Morgan fingerprint density at radius 2 is 1.60 bits per heavy atom. The van der Waals surface area contributed by atoms with Crippen LogP contribution in [0.25, 0.3) is 0 Å². The van der Waals surface area contributed by atoms with Crippen LogP contribution < -0.4 is 0 Å². The summed E-state index contributed by atoms with van der Waals surface area (Å²) in [5, 5.41) is 0. The molecule has 10 heavy (non-hydrogen) atoms. The fraction of sp³-hybridized carbons (Fsp3) is 0.833. The number of rotatable bonds is 0. The maximum atomic E-state index is 3.56. The second-order valence-corrected chi connectivity index (χ2v) is 52.4. The van der Waals surface area contributed by atoms with Gasteiger partial charge in [0.1, 0.15) is 0 Å². The van der Waals surface area contributed by atoms with Gasteiger partial charge in [0.15, 0.2) is 0 Å². The van der Waals surface area contributed by atoms with Gasteiger partial charge >= 0.3 is 85.9 Å². The van der Waals surface area contributed by atoms with Crippen LogP contribution >= 0.6 is 39.9 Å². The molecule has 0 bridgehead atoms. The van der Waals surface area contributed by atoms with E-state index in [1.807, 2.05) is 0 Å². The Balaban J connectivity index is 4.15. The standard InChI is InChI=1S/C6H11.3BrH.W/c1-5-6(2,3)4;;;;/h5H2,2-4H3;3*1H;/q;;;;+3/p-3. The Morgan fingerprint density at radius 3 is 1.70 bits per heavy atom. The van der Waals surface area contributed by atoms with Gasteiger partial charge in [0.25, 0.3) is 0 Å². The average Bonchev–Trinajstić information content (AvgIpc) is 1.57. The zero-order valence-electron chi connectivity index (χ0n) is 6.25. The molecule has 0 rings (SSSR count). The molecular weight excluding hydrogens is 496 g/mol. The number of hydrogen-bond donors (Lipinski definition) is 0. The van der Waals surface area contributed by atoms with E-state index < -0.39 is 9.23 Å². The van der Waals surface area contributed by atoms with Crippen molar-refractivity contribution in [3.8, 4) is 4.20 Å². The van der Waals surface area contributed by atoms with Crippen LogP contribution in [0, 0.1) is 9.62 Å². The quantitative estimate of drug-likeness (QED) is 0.455. The Kier molecular flexibility index (Phi) is 5.04. The van der Waals surface area contributed by atoms with Crippen LogP contribution in [-0.4, -0.2) is 0 Å². The van der Waals surface area contributed by atoms with Crippen LogP contribution in [0.4, 0.5) is 0 Å². The normalized spacial score (nSPS) is 13.0. The molecule has 0 unspecified atom stereocenters. The van der Waals surface area contributed by atoms with Gasteiger partial charge in [-0.3, -0.25) is 0 Å². The summed E-state index contributed by atoms with van der Waals surface area (Å²) in [5.74, 6) is 0. The minimum atomic E-state index is -2.22. The molecule has 0 spiro atoms. The van der Waals surface area contributed by atoms with E-state index in [9.17, 15) is 0 Å². The van der Waals surface area contributed by atoms with Crippen molar-refractivity contribution >= 4 is 39.9 Å². The Morgan fingerprint density at radius 1 is 1.20 bits per heavy atom. The van der Waals surface area contributed by atoms with Crippen molar-refractivity contribution in [3.05, 3.63) is 0 Å². The molecule has 0 aromatic heterocycles. The first-order chi connectivity index (χ1) is 4.21. The zero-order valence-corrected chi connectivity index (χ0v) is 13.9. The predicted molar refractivity (Wildman–Crippen MR) is 54.7 cm³/mol. The molecule has 0 fully saturated rings. The van der Waals surface area contributed by atoms with Crippen molar-refractivity contribution in [2.45, 2.75) is 27.2 Å². The monoisotopic (exact) mass is 504 g/mol. The van der Waals surface area contributed by atoms with Crippen molar-refractivity contribution in [2.24, 2.45) is 5.41 Å². The molecular formula is C6H11Br3W. The maximum absolute atomic E-state index is 3.56. The van der Waals surface area contributed by atoms with Gasteiger partial charge in [-0.05, 0) is 0 Å². The number of halogens is 3. The molecule has 0 nitrogen and oxygen atoms in total. The van der Waals surface area contributed by atoms with Crippen LogP contribution in [0.1, 0.15) is 27.2 Å². The molecule has 62 valence electrons. The molecule has 0 saturated heterocycles. The van der Waals surface area contributed by atoms with E-state index in [1.165, 1.54) is 0 Å². The predicted octanol–water partition coefficient (Wildman–Crippen LogP) is 4.47. The second-order valence-electron chi connectivity index (χ2n) is 3.29. The third-order valence-electron chi connectivity index (χ3n) is 0.766. The van der Waals surface area contributed by atoms with Crippen molar-refractivity contribution in [2.75, 3.05) is 0 Å². The summed E-state index contributed by atoms with van der Waals surface area (Å²) < 4.78 is 3.42. The molecule has 0 radical (unpaired) electrons. The summed E-state index contributed by atoms with van der Waals surface area (Å²) in [6.07, 6.45) is 1.03. The summed E-state index contributed by atoms with van der Waals surface area (Å²) in [6, 6.07) is 0. The van der Waals surface area contributed by atoms with Crippen LogP contribution in [0.2, 0.25) is 0 Å². The first-order valence-electron chi connectivity index (χ1n) is 2.87. The van der Waals surface area contributed by atoms with E-state index in [0.717, 1.165) is 6.42 Å². The molecule has 0 aliphatic rings. The molecule has 0 heterocycles. The van der Waals surface area contributed by atoms with Gasteiger partial charge in [-0.25, -0.2) is 0 Å². The topological polar surface area (TPSA) is 0 Å². The molecule has 0 atom stereocenters. The van der Waals surface area contributed by atoms with Crippen molar-refractivity contribution in [1.29, 1.82) is 0 Å². The summed E-state index contributed by atoms with van der Waals surface area (Å²) in [4.78, 5) is 0. The van der Waals surface area contributed by atoms with Crippen LogP contribution in [-0.2, 0) is 9.23 Å². The Hall–Kier alpha value is 1.91. The van der Waals surface area contributed by atoms with E-state index in [4.69, 9.17) is 0 Å². The molecule has 0 saturated carbocycles. The molecule has 0 aliphatic heterocycles. The molecule has 0 aromatic carbocycles. The summed E-state index contributed by atoms with van der Waals surface area (Å²) >= 11 is 10.7. The van der Waals surface area contributed by atoms with Gasteiger partial charge in [-0.15, -0.1) is 0 Å². The van der Waals surface area contributed by atoms with Crippen molar-refractivity contribution < 1.29 is 9.23 Å². The summed E-state index contributed by atoms with van der Waals surface area (Å²) in [7, 11) is -2.22. The fourth-order valence-corrected chi connectivity index (χ4v) is 5.25. The van der Waals surface area contributed by atoms with E-state index in [-0.39, 0.29) is 0 Å². The molecule has 0 aromatic rings. The molecule has 0 amide bonds. The van der Waals surface area contributed by atoms with Crippen LogP contribution in [0.15, 0.2) is 0 Å². The first-order valence-corrected chi connectivity index (χ1v) is 23.6. The van der Waals surface area contributed by atoms with Gasteiger partial charge < -0.3 is 0 Å². The molecule has 4 heteroatoms. The van der Waals surface area contributed by atoms with E-state index >= 15 is 0 Å². The van der Waals surface area contributed by atoms with Crippen LogP contribution in [0.5, 0.6) is 0 Å². The minimum absolute atomic E-state index is 0.358. The van der Waals surface area contributed by atoms with E-state index in [1.54, 1.807) is 0 Å². The van der Waals surface area contributed by atoms with Gasteiger partial charge in [-0.2, -0.15) is 0 Å². The third-order valence-corrected chi connectivity index (χ3v) is 8.08. The third kappa shape index (κ3) is 9.91. The number of hydrogen-bond acceptors (Lipinski definition) is 0. The van der Waals surface area contributed by atoms with E-state index in [2.05, 4.69) is 64.9 Å². The van der Waals surface area contributed by atoms with Crippen LogP contribution in [0.3, 0.4) is 0 Å². The van der Waals surface area contributed by atoms with Crippen molar-refractivity contribution in [3.63, 3.8) is 0 Å². The molecule has 0 N–H and O–H groups in total. The Labute approximate surface area is 84.9 Å². The average molecular weight is 507 g/mol. The SMILES string of the molecule is CC(C)(C)C[C]#[W]([Br])([Br])[Br]. The van der Waals surface area contributed by atoms with E-state index in [0.29, 0.717) is 5.41 Å².